The molecule has 4 rings (SSSR count). The van der Waals surface area contributed by atoms with Gasteiger partial charge in [0.15, 0.2) is 5.82 Å². The molecule has 9 heteroatoms. The van der Waals surface area contributed by atoms with E-state index in [1.165, 1.54) is 26.2 Å². The molecule has 2 aliphatic rings. The number of piperidine rings is 1. The molecular weight excluding hydrogens is 374 g/mol. The van der Waals surface area contributed by atoms with Crippen LogP contribution in [0.3, 0.4) is 0 Å². The summed E-state index contributed by atoms with van der Waals surface area (Å²) in [5, 5.41) is 11.3. The van der Waals surface area contributed by atoms with Gasteiger partial charge in [-0.2, -0.15) is 4.98 Å². The van der Waals surface area contributed by atoms with E-state index in [4.69, 9.17) is 25.1 Å². The van der Waals surface area contributed by atoms with Gasteiger partial charge in [0.1, 0.15) is 0 Å². The maximum absolute atomic E-state index is 11.5. The first-order valence-corrected chi connectivity index (χ1v) is 9.77. The van der Waals surface area contributed by atoms with E-state index in [9.17, 15) is 4.79 Å². The Morgan fingerprint density at radius 1 is 1.31 bits per heavy atom. The normalized spacial score (nSPS) is 16.8. The highest BCUT2D eigenvalue weighted by atomic mass is 16.5. The second-order valence-electron chi connectivity index (χ2n) is 7.00. The monoisotopic (exact) mass is 401 g/mol. The van der Waals surface area contributed by atoms with Crippen molar-refractivity contribution in [3.8, 4) is 11.5 Å². The van der Waals surface area contributed by atoms with Gasteiger partial charge in [-0.05, 0) is 37.8 Å². The number of anilines is 1. The number of hydrogen-bond donors (Lipinski definition) is 2. The Balaban J connectivity index is 0.000000419. The highest BCUT2D eigenvalue weighted by molar-refractivity contribution is 5.86. The first kappa shape index (κ1) is 20.8. The van der Waals surface area contributed by atoms with Crippen molar-refractivity contribution in [2.24, 2.45) is 0 Å². The molecule has 1 amide bonds. The van der Waals surface area contributed by atoms with Gasteiger partial charge in [0, 0.05) is 55.3 Å². The van der Waals surface area contributed by atoms with E-state index in [1.54, 1.807) is 23.1 Å². The van der Waals surface area contributed by atoms with Crippen molar-refractivity contribution in [2.45, 2.75) is 31.6 Å². The van der Waals surface area contributed by atoms with Crippen LogP contribution in [0.5, 0.6) is 0 Å². The quantitative estimate of drug-likeness (QED) is 0.597. The Labute approximate surface area is 169 Å². The number of ether oxygens (including phenoxy) is 2. The highest BCUT2D eigenvalue weighted by Crippen LogP contribution is 2.29. The lowest BCUT2D eigenvalue weighted by atomic mass is 9.96. The van der Waals surface area contributed by atoms with Gasteiger partial charge in [0.25, 0.3) is 5.89 Å². The van der Waals surface area contributed by atoms with Crippen LogP contribution in [-0.4, -0.2) is 60.8 Å². The fourth-order valence-electron chi connectivity index (χ4n) is 3.32. The minimum atomic E-state index is -0.302. The summed E-state index contributed by atoms with van der Waals surface area (Å²) in [4.78, 5) is 17.7. The van der Waals surface area contributed by atoms with Crippen molar-refractivity contribution in [2.75, 3.05) is 39.1 Å². The van der Waals surface area contributed by atoms with Crippen molar-refractivity contribution in [3.05, 3.63) is 29.6 Å². The molecular formula is C20H27N5O4. The zero-order valence-corrected chi connectivity index (χ0v) is 16.6. The number of nitrogen functional groups attached to an aromatic ring is 1. The number of aromatic nitrogens is 2. The summed E-state index contributed by atoms with van der Waals surface area (Å²) in [5.74, 6) is 1.20. The molecule has 0 bridgehead atoms. The number of benzene rings is 1. The molecule has 3 N–H and O–H groups in total. The summed E-state index contributed by atoms with van der Waals surface area (Å²) in [6.45, 7) is 3.23. The molecule has 0 spiro atoms. The fraction of sp³-hybridized carbons (Fsp3) is 0.500. The number of amides is 1. The summed E-state index contributed by atoms with van der Waals surface area (Å²) in [6.07, 6.45) is 4.99. The third-order valence-electron chi connectivity index (χ3n) is 5.05. The van der Waals surface area contributed by atoms with E-state index >= 15 is 0 Å². The average molecular weight is 401 g/mol. The molecule has 0 saturated carbocycles. The first-order valence-electron chi connectivity index (χ1n) is 9.77. The number of nitrogens with two attached hydrogens (primary N) is 1. The summed E-state index contributed by atoms with van der Waals surface area (Å²) in [7, 11) is 1.38. The Hall–Kier alpha value is -2.94. The minimum Gasteiger partial charge on any atom is -0.453 e. The van der Waals surface area contributed by atoms with Crippen LogP contribution in [-0.2, 0) is 9.47 Å². The maximum Gasteiger partial charge on any atom is 0.409 e. The van der Waals surface area contributed by atoms with Crippen molar-refractivity contribution >= 4 is 18.0 Å². The van der Waals surface area contributed by atoms with Gasteiger partial charge < -0.3 is 30.0 Å². The maximum atomic E-state index is 11.5. The number of nitrogens with one attached hydrogen (secondary N) is 1. The van der Waals surface area contributed by atoms with Crippen LogP contribution in [0, 0.1) is 5.41 Å². The molecule has 0 aliphatic carbocycles. The molecule has 2 aliphatic heterocycles. The summed E-state index contributed by atoms with van der Waals surface area (Å²) < 4.78 is 15.0. The Kier molecular flexibility index (Phi) is 7.18. The molecule has 2 saturated heterocycles. The van der Waals surface area contributed by atoms with E-state index in [2.05, 4.69) is 10.1 Å². The molecule has 0 atom stereocenters. The predicted molar refractivity (Wildman–Crippen MR) is 108 cm³/mol. The molecule has 2 fully saturated rings. The number of methoxy groups -OCH3 is 1. The molecule has 3 heterocycles. The molecule has 1 aromatic heterocycles. The first-order chi connectivity index (χ1) is 14.1. The van der Waals surface area contributed by atoms with E-state index in [-0.39, 0.29) is 12.0 Å². The molecule has 29 heavy (non-hydrogen) atoms. The predicted octanol–water partition coefficient (Wildman–Crippen LogP) is 3.06. The van der Waals surface area contributed by atoms with E-state index in [0.717, 1.165) is 31.6 Å². The van der Waals surface area contributed by atoms with Crippen LogP contribution >= 0.6 is 0 Å². The zero-order chi connectivity index (χ0) is 20.6. The minimum absolute atomic E-state index is 0.154. The SMILES string of the molecule is C1CCOC1.COC(=O)N1CCC(c2noc(-c3ccc(C=N)c(N)c3)n2)CC1. The van der Waals surface area contributed by atoms with Crippen LogP contribution in [0.2, 0.25) is 0 Å². The number of hydrogen-bond acceptors (Lipinski definition) is 8. The van der Waals surface area contributed by atoms with Crippen molar-refractivity contribution in [3.63, 3.8) is 0 Å². The summed E-state index contributed by atoms with van der Waals surface area (Å²) >= 11 is 0. The van der Waals surface area contributed by atoms with Crippen molar-refractivity contribution in [1.82, 2.24) is 15.0 Å². The van der Waals surface area contributed by atoms with Crippen LogP contribution in [0.15, 0.2) is 22.7 Å². The fourth-order valence-corrected chi connectivity index (χ4v) is 3.32. The van der Waals surface area contributed by atoms with Gasteiger partial charge in [-0.15, -0.1) is 0 Å². The van der Waals surface area contributed by atoms with E-state index in [1.807, 2.05) is 0 Å². The van der Waals surface area contributed by atoms with Gasteiger partial charge >= 0.3 is 6.09 Å². The number of likely N-dealkylation sites (tertiary alicyclic amines) is 1. The third-order valence-corrected chi connectivity index (χ3v) is 5.05. The van der Waals surface area contributed by atoms with Crippen LogP contribution in [0.25, 0.3) is 11.5 Å². The smallest absolute Gasteiger partial charge is 0.409 e. The molecule has 0 unspecified atom stereocenters. The van der Waals surface area contributed by atoms with Crippen LogP contribution in [0.1, 0.15) is 43.0 Å². The number of carbonyl (C=O) groups is 1. The summed E-state index contributed by atoms with van der Waals surface area (Å²) in [6, 6.07) is 5.27. The lowest BCUT2D eigenvalue weighted by molar-refractivity contribution is 0.111. The second kappa shape index (κ2) is 10.0. The van der Waals surface area contributed by atoms with Gasteiger partial charge in [0.2, 0.25) is 0 Å². The molecule has 156 valence electrons. The van der Waals surface area contributed by atoms with Crippen molar-refractivity contribution in [1.29, 1.82) is 5.41 Å². The standard InChI is InChI=1S/C16H19N5O3.C4H8O/c1-23-16(22)21-6-4-10(5-7-21)14-19-15(24-20-14)11-2-3-12(9-17)13(18)8-11;1-2-4-5-3-1/h2-3,8-10,17H,4-7,18H2,1H3;1-4H2. The Morgan fingerprint density at radius 3 is 2.59 bits per heavy atom. The second-order valence-corrected chi connectivity index (χ2v) is 7.00. The lowest BCUT2D eigenvalue weighted by Gasteiger charge is -2.29. The molecule has 9 nitrogen and oxygen atoms in total. The van der Waals surface area contributed by atoms with E-state index in [0.29, 0.717) is 36.1 Å². The van der Waals surface area contributed by atoms with Crippen LogP contribution < -0.4 is 5.73 Å². The number of nitrogens with zero attached hydrogens (tertiary/aromatic N) is 3. The third kappa shape index (κ3) is 5.32. The van der Waals surface area contributed by atoms with E-state index < -0.39 is 0 Å². The van der Waals surface area contributed by atoms with Gasteiger partial charge in [-0.25, -0.2) is 4.79 Å². The largest absolute Gasteiger partial charge is 0.453 e. The Morgan fingerprint density at radius 2 is 2.03 bits per heavy atom. The van der Waals surface area contributed by atoms with Gasteiger partial charge in [0.05, 0.1) is 7.11 Å². The zero-order valence-electron chi connectivity index (χ0n) is 16.6. The highest BCUT2D eigenvalue weighted by Gasteiger charge is 2.27. The number of rotatable bonds is 3. The molecule has 1 aromatic carbocycles. The Bertz CT molecular complexity index is 818. The lowest BCUT2D eigenvalue weighted by Crippen LogP contribution is -2.37. The molecule has 2 aromatic rings. The number of carbonyl (C=O) groups excluding carboxylic acids is 1. The van der Waals surface area contributed by atoms with Crippen molar-refractivity contribution < 1.29 is 18.8 Å². The van der Waals surface area contributed by atoms with Gasteiger partial charge in [-0.3, -0.25) is 0 Å². The average Bonchev–Trinajstić information content (AvgIpc) is 3.48. The summed E-state index contributed by atoms with van der Waals surface area (Å²) in [5.41, 5.74) is 7.75. The van der Waals surface area contributed by atoms with Gasteiger partial charge in [-0.1, -0.05) is 11.2 Å². The topological polar surface area (TPSA) is 128 Å². The van der Waals surface area contributed by atoms with Crippen LogP contribution in [0.4, 0.5) is 10.5 Å². The molecule has 0 radical (unpaired) electrons.